The van der Waals surface area contributed by atoms with E-state index in [4.69, 9.17) is 11.5 Å². The molecule has 0 unspecified atom stereocenters. The highest BCUT2D eigenvalue weighted by atomic mass is 16.3. The Morgan fingerprint density at radius 3 is 2.74 bits per heavy atom. The minimum absolute atomic E-state index is 0.0980. The molecule has 7 nitrogen and oxygen atoms in total. The molecule has 0 amide bonds. The fourth-order valence-electron chi connectivity index (χ4n) is 2.94. The molecule has 0 fully saturated rings. The third-order valence-electron chi connectivity index (χ3n) is 4.21. The molecular weight excluding hydrogens is 340 g/mol. The van der Waals surface area contributed by atoms with E-state index in [0.29, 0.717) is 34.6 Å². The normalized spacial score (nSPS) is 10.4. The number of nitrogens with zero attached hydrogens (tertiary/aromatic N) is 3. The third kappa shape index (κ3) is 3.97. The fourth-order valence-corrected chi connectivity index (χ4v) is 2.94. The number of phenols is 1. The Morgan fingerprint density at radius 1 is 1.22 bits per heavy atom. The minimum Gasteiger partial charge on any atom is -0.508 e. The lowest BCUT2D eigenvalue weighted by molar-refractivity contribution is 0.475. The Bertz CT molecular complexity index is 982. The van der Waals surface area contributed by atoms with Crippen molar-refractivity contribution in [2.75, 3.05) is 17.6 Å². The molecule has 2 heterocycles. The highest BCUT2D eigenvalue weighted by Gasteiger charge is 2.19. The second kappa shape index (κ2) is 8.17. The van der Waals surface area contributed by atoms with Gasteiger partial charge in [0.2, 0.25) is 0 Å². The number of benzene rings is 1. The molecule has 0 aliphatic rings. The standard InChI is InChI=1S/C20H20N6O/c21-10-16-18(14-4-1-5-15(27)9-14)17(11-22)20(26-19(16)23)25-8-6-13-3-2-7-24-12-13/h1-5,7,9,12,27H,6,8,10,21H2,(H3,23,25,26). The van der Waals surface area contributed by atoms with E-state index in [1.165, 1.54) is 0 Å². The first kappa shape index (κ1) is 18.2. The van der Waals surface area contributed by atoms with Gasteiger partial charge in [-0.25, -0.2) is 4.98 Å². The molecule has 3 aromatic rings. The molecule has 0 spiro atoms. The number of nitrogens with two attached hydrogens (primary N) is 2. The smallest absolute Gasteiger partial charge is 0.147 e. The van der Waals surface area contributed by atoms with Gasteiger partial charge in [0, 0.05) is 36.6 Å². The lowest BCUT2D eigenvalue weighted by atomic mass is 9.95. The van der Waals surface area contributed by atoms with Crippen molar-refractivity contribution in [1.82, 2.24) is 9.97 Å². The number of rotatable bonds is 6. The molecule has 0 radical (unpaired) electrons. The summed E-state index contributed by atoms with van der Waals surface area (Å²) in [7, 11) is 0. The lowest BCUT2D eigenvalue weighted by Gasteiger charge is -2.17. The van der Waals surface area contributed by atoms with Crippen molar-refractivity contribution in [2.45, 2.75) is 13.0 Å². The number of nitrogen functional groups attached to an aromatic ring is 1. The fraction of sp³-hybridized carbons (Fsp3) is 0.150. The predicted octanol–water partition coefficient (Wildman–Crippen LogP) is 2.42. The lowest BCUT2D eigenvalue weighted by Crippen LogP contribution is -2.13. The maximum Gasteiger partial charge on any atom is 0.147 e. The Kier molecular flexibility index (Phi) is 5.50. The van der Waals surface area contributed by atoms with Crippen LogP contribution in [0.15, 0.2) is 48.8 Å². The van der Waals surface area contributed by atoms with Gasteiger partial charge in [0.25, 0.3) is 0 Å². The number of aromatic hydroxyl groups is 1. The van der Waals surface area contributed by atoms with Gasteiger partial charge in [0.15, 0.2) is 0 Å². The quantitative estimate of drug-likeness (QED) is 0.530. The average Bonchev–Trinajstić information content (AvgIpc) is 2.68. The number of pyridine rings is 2. The molecule has 0 aliphatic heterocycles. The second-order valence-electron chi connectivity index (χ2n) is 5.98. The Balaban J connectivity index is 1.98. The van der Waals surface area contributed by atoms with Crippen LogP contribution in [0.5, 0.6) is 5.75 Å². The van der Waals surface area contributed by atoms with Gasteiger partial charge in [-0.05, 0) is 35.7 Å². The zero-order valence-electron chi connectivity index (χ0n) is 14.7. The van der Waals surface area contributed by atoms with Crippen LogP contribution in [-0.2, 0) is 13.0 Å². The van der Waals surface area contributed by atoms with E-state index in [0.717, 1.165) is 12.0 Å². The Morgan fingerprint density at radius 2 is 2.07 bits per heavy atom. The van der Waals surface area contributed by atoms with E-state index in [9.17, 15) is 10.4 Å². The summed E-state index contributed by atoms with van der Waals surface area (Å²) in [6, 6.07) is 12.7. The van der Waals surface area contributed by atoms with Crippen molar-refractivity contribution in [3.8, 4) is 22.9 Å². The number of anilines is 2. The monoisotopic (exact) mass is 360 g/mol. The van der Waals surface area contributed by atoms with Gasteiger partial charge in [-0.2, -0.15) is 5.26 Å². The SMILES string of the molecule is N#Cc1c(NCCc2cccnc2)nc(N)c(CN)c1-c1cccc(O)c1. The molecule has 0 atom stereocenters. The molecule has 0 bridgehead atoms. The molecular formula is C20H20N6O. The molecule has 0 saturated carbocycles. The van der Waals surface area contributed by atoms with Gasteiger partial charge < -0.3 is 21.9 Å². The van der Waals surface area contributed by atoms with Crippen LogP contribution in [0.25, 0.3) is 11.1 Å². The van der Waals surface area contributed by atoms with Crippen LogP contribution in [0.4, 0.5) is 11.6 Å². The van der Waals surface area contributed by atoms with Crippen molar-refractivity contribution in [1.29, 1.82) is 5.26 Å². The van der Waals surface area contributed by atoms with Crippen molar-refractivity contribution in [3.63, 3.8) is 0 Å². The first-order chi connectivity index (χ1) is 13.1. The van der Waals surface area contributed by atoms with E-state index < -0.39 is 0 Å². The Hall–Kier alpha value is -3.63. The summed E-state index contributed by atoms with van der Waals surface area (Å²) in [4.78, 5) is 8.43. The third-order valence-corrected chi connectivity index (χ3v) is 4.21. The number of aromatic nitrogens is 2. The van der Waals surface area contributed by atoms with E-state index in [1.54, 1.807) is 36.7 Å². The minimum atomic E-state index is 0.0980. The largest absolute Gasteiger partial charge is 0.508 e. The van der Waals surface area contributed by atoms with Crippen LogP contribution < -0.4 is 16.8 Å². The zero-order chi connectivity index (χ0) is 19.2. The van der Waals surface area contributed by atoms with Gasteiger partial charge in [-0.15, -0.1) is 0 Å². The maximum atomic E-state index is 9.83. The van der Waals surface area contributed by atoms with Crippen LogP contribution in [-0.4, -0.2) is 21.6 Å². The zero-order valence-corrected chi connectivity index (χ0v) is 14.7. The summed E-state index contributed by atoms with van der Waals surface area (Å²) in [5.74, 6) is 0.758. The first-order valence-electron chi connectivity index (χ1n) is 8.48. The highest BCUT2D eigenvalue weighted by Crippen LogP contribution is 2.35. The number of hydrogen-bond acceptors (Lipinski definition) is 7. The van der Waals surface area contributed by atoms with Crippen LogP contribution in [0.3, 0.4) is 0 Å². The summed E-state index contributed by atoms with van der Waals surface area (Å²) in [5, 5.41) is 22.8. The summed E-state index contributed by atoms with van der Waals surface area (Å²) in [6.45, 7) is 0.697. The highest BCUT2D eigenvalue weighted by molar-refractivity contribution is 5.82. The van der Waals surface area contributed by atoms with Crippen molar-refractivity contribution in [3.05, 3.63) is 65.5 Å². The molecule has 6 N–H and O–H groups in total. The molecule has 136 valence electrons. The number of hydrogen-bond donors (Lipinski definition) is 4. The van der Waals surface area contributed by atoms with Crippen molar-refractivity contribution < 1.29 is 5.11 Å². The molecule has 3 rings (SSSR count). The number of nitriles is 1. The van der Waals surface area contributed by atoms with E-state index >= 15 is 0 Å². The maximum absolute atomic E-state index is 9.83. The average molecular weight is 360 g/mol. The molecule has 0 aliphatic carbocycles. The number of nitrogens with one attached hydrogen (secondary N) is 1. The van der Waals surface area contributed by atoms with Gasteiger partial charge in [-0.1, -0.05) is 18.2 Å². The topological polar surface area (TPSA) is 134 Å². The molecule has 0 saturated heterocycles. The molecule has 1 aromatic carbocycles. The van der Waals surface area contributed by atoms with Crippen LogP contribution in [0.2, 0.25) is 0 Å². The first-order valence-corrected chi connectivity index (χ1v) is 8.48. The van der Waals surface area contributed by atoms with Crippen molar-refractivity contribution in [2.24, 2.45) is 5.73 Å². The van der Waals surface area contributed by atoms with Gasteiger partial charge in [0.05, 0.1) is 0 Å². The van der Waals surface area contributed by atoms with Gasteiger partial charge >= 0.3 is 0 Å². The summed E-state index contributed by atoms with van der Waals surface area (Å²) in [6.07, 6.45) is 4.24. The van der Waals surface area contributed by atoms with Gasteiger partial charge in [0.1, 0.15) is 29.0 Å². The van der Waals surface area contributed by atoms with E-state index in [1.807, 2.05) is 12.1 Å². The summed E-state index contributed by atoms with van der Waals surface area (Å²) in [5.41, 5.74) is 15.2. The Labute approximate surface area is 157 Å². The van der Waals surface area contributed by atoms with Crippen LogP contribution in [0, 0.1) is 11.3 Å². The molecule has 7 heteroatoms. The predicted molar refractivity (Wildman–Crippen MR) is 105 cm³/mol. The molecule has 2 aromatic heterocycles. The summed E-state index contributed by atoms with van der Waals surface area (Å²) < 4.78 is 0. The van der Waals surface area contributed by atoms with Crippen LogP contribution in [0.1, 0.15) is 16.7 Å². The van der Waals surface area contributed by atoms with Crippen molar-refractivity contribution >= 4 is 11.6 Å². The van der Waals surface area contributed by atoms with E-state index in [2.05, 4.69) is 21.4 Å². The second-order valence-corrected chi connectivity index (χ2v) is 5.98. The summed E-state index contributed by atoms with van der Waals surface area (Å²) >= 11 is 0. The van der Waals surface area contributed by atoms with Gasteiger partial charge in [-0.3, -0.25) is 4.98 Å². The molecule has 27 heavy (non-hydrogen) atoms. The van der Waals surface area contributed by atoms with Crippen LogP contribution >= 0.6 is 0 Å². The van der Waals surface area contributed by atoms with E-state index in [-0.39, 0.29) is 18.1 Å². The number of phenolic OH excluding ortho intramolecular Hbond substituents is 1.